The van der Waals surface area contributed by atoms with Gasteiger partial charge in [-0.15, -0.1) is 0 Å². The summed E-state index contributed by atoms with van der Waals surface area (Å²) < 4.78 is 0. The van der Waals surface area contributed by atoms with Crippen molar-refractivity contribution in [1.82, 2.24) is 9.80 Å². The zero-order chi connectivity index (χ0) is 20.5. The molecule has 2 amide bonds. The molecule has 0 aromatic heterocycles. The molecule has 8 nitrogen and oxygen atoms in total. The van der Waals surface area contributed by atoms with Crippen LogP contribution >= 0.6 is 0 Å². The first-order valence-corrected chi connectivity index (χ1v) is 9.63. The van der Waals surface area contributed by atoms with E-state index in [0.717, 1.165) is 11.3 Å². The Kier molecular flexibility index (Phi) is 4.92. The first-order chi connectivity index (χ1) is 14.0. The first kappa shape index (κ1) is 18.9. The van der Waals surface area contributed by atoms with E-state index in [1.807, 2.05) is 18.2 Å². The van der Waals surface area contributed by atoms with Crippen molar-refractivity contribution in [2.45, 2.75) is 19.5 Å². The number of hydrogen-bond donors (Lipinski definition) is 0. The van der Waals surface area contributed by atoms with Crippen LogP contribution in [0.2, 0.25) is 0 Å². The van der Waals surface area contributed by atoms with E-state index >= 15 is 0 Å². The number of carbonyl (C=O) groups is 2. The Hall–Kier alpha value is -3.42. The van der Waals surface area contributed by atoms with Crippen LogP contribution in [0.15, 0.2) is 48.5 Å². The highest BCUT2D eigenvalue weighted by molar-refractivity contribution is 6.01. The molecule has 2 aromatic carbocycles. The van der Waals surface area contributed by atoms with E-state index in [2.05, 4.69) is 4.90 Å². The minimum absolute atomic E-state index is 0.0468. The van der Waals surface area contributed by atoms with Gasteiger partial charge in [0.15, 0.2) is 0 Å². The first-order valence-electron chi connectivity index (χ1n) is 9.63. The molecule has 0 radical (unpaired) electrons. The Morgan fingerprint density at radius 1 is 1.03 bits per heavy atom. The van der Waals surface area contributed by atoms with E-state index in [9.17, 15) is 19.7 Å². The van der Waals surface area contributed by atoms with Crippen LogP contribution in [0.4, 0.5) is 11.4 Å². The SMILES string of the molecule is CC(C(=O)N1CCN(c2ccc([N+](=O)[O-])cc2)CC1)N1Cc2ccccc2C1=O. The van der Waals surface area contributed by atoms with Crippen molar-refractivity contribution in [3.8, 4) is 0 Å². The number of non-ortho nitro benzene ring substituents is 1. The summed E-state index contributed by atoms with van der Waals surface area (Å²) in [7, 11) is 0. The van der Waals surface area contributed by atoms with E-state index < -0.39 is 11.0 Å². The molecule has 4 rings (SSSR count). The molecule has 0 spiro atoms. The van der Waals surface area contributed by atoms with Gasteiger partial charge in [0.2, 0.25) is 5.91 Å². The van der Waals surface area contributed by atoms with Crippen LogP contribution in [0.5, 0.6) is 0 Å². The summed E-state index contributed by atoms with van der Waals surface area (Å²) in [6.07, 6.45) is 0. The number of hydrogen-bond acceptors (Lipinski definition) is 5. The van der Waals surface area contributed by atoms with Crippen LogP contribution in [-0.4, -0.2) is 58.8 Å². The molecule has 0 bridgehead atoms. The Balaban J connectivity index is 1.37. The molecule has 2 aliphatic rings. The molecule has 1 saturated heterocycles. The van der Waals surface area contributed by atoms with Crippen LogP contribution in [0.25, 0.3) is 0 Å². The fourth-order valence-corrected chi connectivity index (χ4v) is 3.96. The molecule has 29 heavy (non-hydrogen) atoms. The Labute approximate surface area is 168 Å². The molecule has 0 aliphatic carbocycles. The average Bonchev–Trinajstić information content (AvgIpc) is 3.09. The lowest BCUT2D eigenvalue weighted by Crippen LogP contribution is -2.54. The second kappa shape index (κ2) is 7.54. The van der Waals surface area contributed by atoms with Crippen LogP contribution < -0.4 is 4.90 Å². The van der Waals surface area contributed by atoms with Gasteiger partial charge >= 0.3 is 0 Å². The molecule has 0 N–H and O–H groups in total. The highest BCUT2D eigenvalue weighted by atomic mass is 16.6. The van der Waals surface area contributed by atoms with Gasteiger partial charge in [-0.05, 0) is 30.7 Å². The number of piperazine rings is 1. The number of amides is 2. The quantitative estimate of drug-likeness (QED) is 0.587. The Morgan fingerprint density at radius 2 is 1.69 bits per heavy atom. The lowest BCUT2D eigenvalue weighted by molar-refractivity contribution is -0.384. The van der Waals surface area contributed by atoms with E-state index in [1.165, 1.54) is 12.1 Å². The van der Waals surface area contributed by atoms with Gasteiger partial charge in [-0.2, -0.15) is 0 Å². The standard InChI is InChI=1S/C21H22N4O4/c1-15(24-14-16-4-2-3-5-19(16)21(24)27)20(26)23-12-10-22(11-13-23)17-6-8-18(9-7-17)25(28)29/h2-9,15H,10-14H2,1H3. The summed E-state index contributed by atoms with van der Waals surface area (Å²) in [6, 6.07) is 13.4. The second-order valence-corrected chi connectivity index (χ2v) is 7.35. The molecule has 1 fully saturated rings. The van der Waals surface area contributed by atoms with Crippen molar-refractivity contribution in [2.75, 3.05) is 31.1 Å². The summed E-state index contributed by atoms with van der Waals surface area (Å²) in [4.78, 5) is 41.5. The number of carbonyl (C=O) groups excluding carboxylic acids is 2. The second-order valence-electron chi connectivity index (χ2n) is 7.35. The minimum Gasteiger partial charge on any atom is -0.368 e. The van der Waals surface area contributed by atoms with Crippen molar-refractivity contribution >= 4 is 23.2 Å². The molecule has 2 aromatic rings. The lowest BCUT2D eigenvalue weighted by atomic mass is 10.1. The molecular formula is C21H22N4O4. The van der Waals surface area contributed by atoms with Gasteiger partial charge in [0, 0.05) is 56.1 Å². The summed E-state index contributed by atoms with van der Waals surface area (Å²) >= 11 is 0. The highest BCUT2D eigenvalue weighted by Gasteiger charge is 2.36. The van der Waals surface area contributed by atoms with Gasteiger partial charge in [-0.25, -0.2) is 0 Å². The molecule has 0 saturated carbocycles. The molecule has 1 unspecified atom stereocenters. The van der Waals surface area contributed by atoms with Gasteiger partial charge in [0.25, 0.3) is 11.6 Å². The number of nitrogens with zero attached hydrogens (tertiary/aromatic N) is 4. The van der Waals surface area contributed by atoms with E-state index in [4.69, 9.17) is 0 Å². The summed E-state index contributed by atoms with van der Waals surface area (Å²) in [5.74, 6) is -0.138. The predicted octanol–water partition coefficient (Wildman–Crippen LogP) is 2.29. The largest absolute Gasteiger partial charge is 0.368 e. The van der Waals surface area contributed by atoms with Gasteiger partial charge in [-0.3, -0.25) is 19.7 Å². The number of anilines is 1. The maximum absolute atomic E-state index is 13.0. The van der Waals surface area contributed by atoms with Crippen LogP contribution in [0.1, 0.15) is 22.8 Å². The van der Waals surface area contributed by atoms with Crippen molar-refractivity contribution in [2.24, 2.45) is 0 Å². The smallest absolute Gasteiger partial charge is 0.269 e. The number of rotatable bonds is 4. The maximum Gasteiger partial charge on any atom is 0.269 e. The lowest BCUT2D eigenvalue weighted by Gasteiger charge is -2.38. The van der Waals surface area contributed by atoms with E-state index in [0.29, 0.717) is 38.3 Å². The molecule has 2 heterocycles. The third-order valence-corrected chi connectivity index (χ3v) is 5.69. The number of nitro groups is 1. The number of nitro benzene ring substituents is 1. The van der Waals surface area contributed by atoms with Gasteiger partial charge in [0.1, 0.15) is 6.04 Å². The van der Waals surface area contributed by atoms with E-state index in [1.54, 1.807) is 34.9 Å². The summed E-state index contributed by atoms with van der Waals surface area (Å²) in [6.45, 7) is 4.64. The van der Waals surface area contributed by atoms with Gasteiger partial charge in [-0.1, -0.05) is 18.2 Å². The van der Waals surface area contributed by atoms with Crippen molar-refractivity contribution < 1.29 is 14.5 Å². The Morgan fingerprint density at radius 3 is 2.31 bits per heavy atom. The normalized spacial score (nSPS) is 17.3. The highest BCUT2D eigenvalue weighted by Crippen LogP contribution is 2.26. The van der Waals surface area contributed by atoms with Crippen molar-refractivity contribution in [1.29, 1.82) is 0 Å². The monoisotopic (exact) mass is 394 g/mol. The third-order valence-electron chi connectivity index (χ3n) is 5.69. The van der Waals surface area contributed by atoms with Crippen molar-refractivity contribution in [3.63, 3.8) is 0 Å². The van der Waals surface area contributed by atoms with E-state index in [-0.39, 0.29) is 17.5 Å². The van der Waals surface area contributed by atoms with Gasteiger partial charge in [0.05, 0.1) is 4.92 Å². The van der Waals surface area contributed by atoms with Crippen molar-refractivity contribution in [3.05, 3.63) is 69.8 Å². The summed E-state index contributed by atoms with van der Waals surface area (Å²) in [5.41, 5.74) is 2.60. The molecule has 8 heteroatoms. The number of fused-ring (bicyclic) bond motifs is 1. The third kappa shape index (κ3) is 3.53. The van der Waals surface area contributed by atoms with Crippen LogP contribution in [-0.2, 0) is 11.3 Å². The molecular weight excluding hydrogens is 372 g/mol. The maximum atomic E-state index is 13.0. The molecule has 1 atom stereocenters. The minimum atomic E-state index is -0.513. The molecule has 2 aliphatic heterocycles. The fourth-order valence-electron chi connectivity index (χ4n) is 3.96. The average molecular weight is 394 g/mol. The topological polar surface area (TPSA) is 87.0 Å². The summed E-state index contributed by atoms with van der Waals surface area (Å²) in [5, 5.41) is 10.8. The zero-order valence-corrected chi connectivity index (χ0v) is 16.2. The Bertz CT molecular complexity index is 951. The predicted molar refractivity (Wildman–Crippen MR) is 108 cm³/mol. The molecule has 150 valence electrons. The van der Waals surface area contributed by atoms with Crippen LogP contribution in [0.3, 0.4) is 0 Å². The van der Waals surface area contributed by atoms with Gasteiger partial charge < -0.3 is 14.7 Å². The number of benzene rings is 2. The fraction of sp³-hybridized carbons (Fsp3) is 0.333. The van der Waals surface area contributed by atoms with Crippen LogP contribution in [0, 0.1) is 10.1 Å². The zero-order valence-electron chi connectivity index (χ0n) is 16.2.